The number of hydrogen-bond donors (Lipinski definition) is 0. The van der Waals surface area contributed by atoms with E-state index in [2.05, 4.69) is 9.47 Å². The molecule has 1 unspecified atom stereocenters. The number of alkyl halides is 13. The van der Waals surface area contributed by atoms with Gasteiger partial charge in [0.05, 0.1) is 22.3 Å². The van der Waals surface area contributed by atoms with Crippen LogP contribution in [-0.4, -0.2) is 17.6 Å². The van der Waals surface area contributed by atoms with Gasteiger partial charge in [0.15, 0.2) is 5.75 Å². The first-order valence-corrected chi connectivity index (χ1v) is 11.1. The number of rotatable bonds is 6. The fourth-order valence-electron chi connectivity index (χ4n) is 3.57. The van der Waals surface area contributed by atoms with Crippen molar-refractivity contribution in [2.24, 2.45) is 0 Å². The van der Waals surface area contributed by atoms with E-state index in [0.29, 0.717) is 6.92 Å². The molecule has 2 rings (SSSR count). The van der Waals surface area contributed by atoms with Gasteiger partial charge in [0.25, 0.3) is 0 Å². The number of halogens is 13. The highest BCUT2D eigenvalue weighted by molar-refractivity contribution is 6.05. The van der Waals surface area contributed by atoms with Gasteiger partial charge in [0, 0.05) is 6.42 Å². The summed E-state index contributed by atoms with van der Waals surface area (Å²) in [5.74, 6) is -9.23. The molecular formula is C24H17F13O4. The number of hydrogen-bond acceptors (Lipinski definition) is 4. The van der Waals surface area contributed by atoms with Crippen LogP contribution < -0.4 is 9.47 Å². The minimum atomic E-state index is -5.64. The lowest BCUT2D eigenvalue weighted by Crippen LogP contribution is -2.48. The van der Waals surface area contributed by atoms with Gasteiger partial charge in [-0.3, -0.25) is 0 Å². The highest BCUT2D eigenvalue weighted by Gasteiger charge is 2.53. The molecule has 0 bridgehead atoms. The van der Waals surface area contributed by atoms with Crippen molar-refractivity contribution in [2.45, 2.75) is 64.0 Å². The molecule has 0 saturated carbocycles. The Morgan fingerprint density at radius 3 is 1.37 bits per heavy atom. The van der Waals surface area contributed by atoms with Gasteiger partial charge in [-0.05, 0) is 49.2 Å². The normalized spacial score (nSPS) is 14.4. The second kappa shape index (κ2) is 11.0. The largest absolute Gasteiger partial charge is 0.423 e. The zero-order chi connectivity index (χ0) is 31.9. The van der Waals surface area contributed by atoms with E-state index in [1.807, 2.05) is 0 Å². The summed E-state index contributed by atoms with van der Waals surface area (Å²) >= 11 is 0. The fourth-order valence-corrected chi connectivity index (χ4v) is 3.57. The Hall–Kier alpha value is -3.53. The van der Waals surface area contributed by atoms with Crippen LogP contribution in [0.1, 0.15) is 53.1 Å². The average molecular weight is 616 g/mol. The minimum Gasteiger partial charge on any atom is -0.423 e. The summed E-state index contributed by atoms with van der Waals surface area (Å²) in [5, 5.41) is 0. The molecule has 41 heavy (non-hydrogen) atoms. The summed E-state index contributed by atoms with van der Waals surface area (Å²) < 4.78 is 185. The Morgan fingerprint density at radius 1 is 0.610 bits per heavy atom. The van der Waals surface area contributed by atoms with Gasteiger partial charge in [0.2, 0.25) is 0 Å². The van der Waals surface area contributed by atoms with E-state index in [9.17, 15) is 62.3 Å². The van der Waals surface area contributed by atoms with E-state index in [-0.39, 0.29) is 18.2 Å². The Morgan fingerprint density at radius 2 is 1.00 bits per heavy atom. The van der Waals surface area contributed by atoms with Crippen molar-refractivity contribution >= 4 is 11.9 Å². The molecule has 0 radical (unpaired) electrons. The maximum absolute atomic E-state index is 15.7. The van der Waals surface area contributed by atoms with Crippen molar-refractivity contribution in [3.8, 4) is 11.5 Å². The van der Waals surface area contributed by atoms with Gasteiger partial charge in [-0.1, -0.05) is 13.3 Å². The van der Waals surface area contributed by atoms with Gasteiger partial charge in [-0.2, -0.15) is 52.7 Å². The van der Waals surface area contributed by atoms with Gasteiger partial charge in [-0.25, -0.2) is 14.0 Å². The smallest absolute Gasteiger partial charge is 0.420 e. The molecule has 0 saturated heterocycles. The summed E-state index contributed by atoms with van der Waals surface area (Å²) in [7, 11) is 0. The molecule has 0 heterocycles. The standard InChI is InChI=1S/C24H17F13O4/c1-4-5-20(25,18(38)40-16-11(3)8-12(21(26,27)28)9-15(16)24(35,36)37)19(39)41-17-13(22(29,30)31)6-10(2)7-14(17)23(32,33)34/h6-9H,4-5H2,1-3H3. The zero-order valence-corrected chi connectivity index (χ0v) is 20.8. The number of aryl methyl sites for hydroxylation is 2. The molecule has 0 amide bonds. The molecule has 2 aromatic carbocycles. The second-order valence-corrected chi connectivity index (χ2v) is 8.68. The van der Waals surface area contributed by atoms with Crippen molar-refractivity contribution in [3.05, 3.63) is 57.6 Å². The van der Waals surface area contributed by atoms with E-state index in [1.54, 1.807) is 0 Å². The highest BCUT2D eigenvalue weighted by Crippen LogP contribution is 2.46. The third-order valence-corrected chi connectivity index (χ3v) is 5.38. The Balaban J connectivity index is 2.67. The lowest BCUT2D eigenvalue weighted by Gasteiger charge is -2.25. The van der Waals surface area contributed by atoms with Gasteiger partial charge in [-0.15, -0.1) is 0 Å². The van der Waals surface area contributed by atoms with Gasteiger partial charge >= 0.3 is 42.3 Å². The van der Waals surface area contributed by atoms with Crippen LogP contribution in [0.4, 0.5) is 57.1 Å². The molecule has 0 aromatic heterocycles. The van der Waals surface area contributed by atoms with Crippen molar-refractivity contribution in [3.63, 3.8) is 0 Å². The number of carbonyl (C=O) groups excluding carboxylic acids is 2. The highest BCUT2D eigenvalue weighted by atomic mass is 19.4. The van der Waals surface area contributed by atoms with Crippen molar-refractivity contribution < 1.29 is 76.1 Å². The van der Waals surface area contributed by atoms with Crippen molar-refractivity contribution in [1.82, 2.24) is 0 Å². The van der Waals surface area contributed by atoms with Crippen LogP contribution >= 0.6 is 0 Å². The number of benzene rings is 2. The van der Waals surface area contributed by atoms with Crippen LogP contribution in [0.5, 0.6) is 11.5 Å². The van der Waals surface area contributed by atoms with Crippen LogP contribution in [0.15, 0.2) is 24.3 Å². The summed E-state index contributed by atoms with van der Waals surface area (Å²) in [6.07, 6.45) is -24.1. The molecule has 2 aromatic rings. The zero-order valence-electron chi connectivity index (χ0n) is 20.8. The predicted molar refractivity (Wildman–Crippen MR) is 112 cm³/mol. The molecule has 17 heteroatoms. The molecule has 228 valence electrons. The SMILES string of the molecule is CCCC(F)(C(=O)Oc1c(C)cc(C(F)(F)F)cc1C(F)(F)F)C(=O)Oc1c(C(F)(F)F)cc(C)cc1C(F)(F)F. The van der Waals surface area contributed by atoms with Crippen LogP contribution in [0.25, 0.3) is 0 Å². The molecule has 0 aliphatic heterocycles. The first-order chi connectivity index (χ1) is 18.3. The predicted octanol–water partition coefficient (Wildman–Crippen LogP) is 8.40. The monoisotopic (exact) mass is 616 g/mol. The fraction of sp³-hybridized carbons (Fsp3) is 0.417. The summed E-state index contributed by atoms with van der Waals surface area (Å²) in [4.78, 5) is 25.3. The Kier molecular flexibility index (Phi) is 9.07. The Bertz CT molecular complexity index is 1290. The average Bonchev–Trinajstić information content (AvgIpc) is 2.78. The lowest BCUT2D eigenvalue weighted by atomic mass is 9.99. The minimum absolute atomic E-state index is 0.0907. The summed E-state index contributed by atoms with van der Waals surface area (Å²) in [6, 6.07) is -0.146. The molecule has 0 aliphatic carbocycles. The summed E-state index contributed by atoms with van der Waals surface area (Å²) in [5.41, 5.74) is -14.4. The number of ether oxygens (including phenoxy) is 2. The molecule has 4 nitrogen and oxygen atoms in total. The van der Waals surface area contributed by atoms with Crippen molar-refractivity contribution in [1.29, 1.82) is 0 Å². The number of carbonyl (C=O) groups is 2. The number of esters is 2. The lowest BCUT2D eigenvalue weighted by molar-refractivity contribution is -0.166. The van der Waals surface area contributed by atoms with E-state index in [1.165, 1.54) is 0 Å². The van der Waals surface area contributed by atoms with Gasteiger partial charge in [0.1, 0.15) is 5.75 Å². The molecular weight excluding hydrogens is 599 g/mol. The summed E-state index contributed by atoms with van der Waals surface area (Å²) in [6.45, 7) is 2.49. The first kappa shape index (κ1) is 33.7. The van der Waals surface area contributed by atoms with E-state index in [4.69, 9.17) is 0 Å². The third kappa shape index (κ3) is 7.41. The topological polar surface area (TPSA) is 52.6 Å². The van der Waals surface area contributed by atoms with Crippen LogP contribution in [0.2, 0.25) is 0 Å². The third-order valence-electron chi connectivity index (χ3n) is 5.38. The van der Waals surface area contributed by atoms with Crippen LogP contribution in [0.3, 0.4) is 0 Å². The van der Waals surface area contributed by atoms with Crippen LogP contribution in [-0.2, 0) is 34.3 Å². The molecule has 1 atom stereocenters. The van der Waals surface area contributed by atoms with Crippen LogP contribution in [0, 0.1) is 13.8 Å². The van der Waals surface area contributed by atoms with E-state index in [0.717, 1.165) is 13.8 Å². The maximum Gasteiger partial charge on any atom is 0.420 e. The molecule has 0 N–H and O–H groups in total. The first-order valence-electron chi connectivity index (χ1n) is 11.1. The molecule has 0 spiro atoms. The van der Waals surface area contributed by atoms with E-state index >= 15 is 4.39 Å². The van der Waals surface area contributed by atoms with Crippen molar-refractivity contribution in [2.75, 3.05) is 0 Å². The maximum atomic E-state index is 15.7. The quantitative estimate of drug-likeness (QED) is 0.142. The Labute approximate surface area is 222 Å². The van der Waals surface area contributed by atoms with Gasteiger partial charge < -0.3 is 9.47 Å². The molecule has 0 fully saturated rings. The second-order valence-electron chi connectivity index (χ2n) is 8.68. The van der Waals surface area contributed by atoms with E-state index < -0.39 is 106 Å². The molecule has 0 aliphatic rings.